The lowest BCUT2D eigenvalue weighted by molar-refractivity contribution is 0.441. The van der Waals surface area contributed by atoms with Gasteiger partial charge >= 0.3 is 0 Å². The van der Waals surface area contributed by atoms with Crippen molar-refractivity contribution in [2.45, 2.75) is 60.3 Å². The summed E-state index contributed by atoms with van der Waals surface area (Å²) in [6, 6.07) is 0. The van der Waals surface area contributed by atoms with Gasteiger partial charge in [0.05, 0.1) is 0 Å². The van der Waals surface area contributed by atoms with E-state index in [4.69, 9.17) is 0 Å². The van der Waals surface area contributed by atoms with Gasteiger partial charge in [0, 0.05) is 11.1 Å². The second-order valence-corrected chi connectivity index (χ2v) is 7.33. The van der Waals surface area contributed by atoms with E-state index < -0.39 is 40.6 Å². The maximum absolute atomic E-state index is 15.0. The third-order valence-corrected chi connectivity index (χ3v) is 5.00. The van der Waals surface area contributed by atoms with E-state index in [1.165, 1.54) is 6.92 Å². The van der Waals surface area contributed by atoms with Crippen LogP contribution in [0.25, 0.3) is 11.1 Å². The van der Waals surface area contributed by atoms with Crippen LogP contribution in [0.2, 0.25) is 0 Å². The summed E-state index contributed by atoms with van der Waals surface area (Å²) in [5.74, 6) is -7.47. The molecule has 26 heavy (non-hydrogen) atoms. The third-order valence-electron chi connectivity index (χ3n) is 5.00. The van der Waals surface area contributed by atoms with E-state index in [2.05, 4.69) is 0 Å². The van der Waals surface area contributed by atoms with E-state index in [0.29, 0.717) is 11.1 Å². The maximum atomic E-state index is 15.0. The van der Waals surface area contributed by atoms with Crippen LogP contribution in [0.5, 0.6) is 0 Å². The van der Waals surface area contributed by atoms with Gasteiger partial charge in [-0.05, 0) is 60.4 Å². The first-order chi connectivity index (χ1) is 11.9. The van der Waals surface area contributed by atoms with Gasteiger partial charge in [-0.15, -0.1) is 0 Å². The van der Waals surface area contributed by atoms with Gasteiger partial charge in [0.2, 0.25) is 0 Å². The van der Waals surface area contributed by atoms with Gasteiger partial charge in [-0.1, -0.05) is 27.7 Å². The topological polar surface area (TPSA) is 0 Å². The van der Waals surface area contributed by atoms with Gasteiger partial charge in [0.1, 0.15) is 0 Å². The minimum absolute atomic E-state index is 0.0984. The smallest absolute Gasteiger partial charge is 0.195 e. The van der Waals surface area contributed by atoms with E-state index >= 15 is 0 Å². The molecule has 0 aliphatic rings. The highest BCUT2D eigenvalue weighted by Gasteiger charge is 2.31. The molecule has 0 amide bonds. The lowest BCUT2D eigenvalue weighted by Gasteiger charge is -2.23. The van der Waals surface area contributed by atoms with Crippen molar-refractivity contribution in [1.82, 2.24) is 0 Å². The minimum atomic E-state index is -1.67. The summed E-state index contributed by atoms with van der Waals surface area (Å²) >= 11 is 0. The Morgan fingerprint density at radius 2 is 0.923 bits per heavy atom. The van der Waals surface area contributed by atoms with Crippen LogP contribution in [0.15, 0.2) is 0 Å². The molecule has 2 rings (SSSR count). The van der Waals surface area contributed by atoms with Crippen LogP contribution >= 0.6 is 0 Å². The molecular weight excluding hydrogens is 347 g/mol. The Morgan fingerprint density at radius 1 is 0.462 bits per heavy atom. The molecule has 0 fully saturated rings. The molecule has 0 atom stereocenters. The molecule has 0 radical (unpaired) electrons. The van der Waals surface area contributed by atoms with E-state index in [1.807, 2.05) is 0 Å². The fraction of sp³-hybridized carbons (Fsp3) is 0.429. The molecule has 0 aromatic heterocycles. The molecular formula is C21H23F5. The molecule has 2 aromatic rings. The molecule has 0 aliphatic carbocycles. The van der Waals surface area contributed by atoms with Crippen molar-refractivity contribution in [3.8, 4) is 11.1 Å². The van der Waals surface area contributed by atoms with Gasteiger partial charge in [0.25, 0.3) is 0 Å². The Kier molecular flexibility index (Phi) is 5.50. The minimum Gasteiger partial charge on any atom is -0.203 e. The molecule has 0 saturated carbocycles. The third kappa shape index (κ3) is 2.91. The Bertz CT molecular complexity index is 850. The van der Waals surface area contributed by atoms with Crippen LogP contribution in [-0.2, 0) is 0 Å². The van der Waals surface area contributed by atoms with E-state index in [-0.39, 0.29) is 28.2 Å². The van der Waals surface area contributed by atoms with E-state index in [0.717, 1.165) is 0 Å². The predicted octanol–water partition coefficient (Wildman–Crippen LogP) is 7.22. The molecule has 0 heterocycles. The molecule has 2 aromatic carbocycles. The SMILES string of the molecule is Cc1c(C)c(C(C)C)c(F)c(F)c1-c1c(F)c(F)c(F)c(C)c1C(C)C. The average molecular weight is 370 g/mol. The van der Waals surface area contributed by atoms with Gasteiger partial charge in [-0.3, -0.25) is 0 Å². The van der Waals surface area contributed by atoms with Crippen molar-refractivity contribution in [3.05, 3.63) is 56.9 Å². The maximum Gasteiger partial charge on any atom is 0.195 e. The van der Waals surface area contributed by atoms with Crippen LogP contribution in [0, 0.1) is 49.9 Å². The lowest BCUT2D eigenvalue weighted by atomic mass is 9.83. The Hall–Kier alpha value is -1.91. The zero-order chi connectivity index (χ0) is 20.1. The summed E-state index contributed by atoms with van der Waals surface area (Å²) in [5.41, 5.74) is 0.299. The van der Waals surface area contributed by atoms with Crippen LogP contribution in [-0.4, -0.2) is 0 Å². The lowest BCUT2D eigenvalue weighted by Crippen LogP contribution is -2.11. The van der Waals surface area contributed by atoms with Crippen molar-refractivity contribution < 1.29 is 22.0 Å². The summed E-state index contributed by atoms with van der Waals surface area (Å²) < 4.78 is 72.6. The highest BCUT2D eigenvalue weighted by molar-refractivity contribution is 5.76. The van der Waals surface area contributed by atoms with Crippen molar-refractivity contribution in [2.24, 2.45) is 0 Å². The first-order valence-corrected chi connectivity index (χ1v) is 8.58. The monoisotopic (exact) mass is 370 g/mol. The quantitative estimate of drug-likeness (QED) is 0.395. The highest BCUT2D eigenvalue weighted by Crippen LogP contribution is 2.42. The van der Waals surface area contributed by atoms with Crippen molar-refractivity contribution in [1.29, 1.82) is 0 Å². The number of halogens is 5. The van der Waals surface area contributed by atoms with Crippen LogP contribution in [0.4, 0.5) is 22.0 Å². The van der Waals surface area contributed by atoms with Gasteiger partial charge < -0.3 is 0 Å². The van der Waals surface area contributed by atoms with Gasteiger partial charge in [-0.25, -0.2) is 22.0 Å². The normalized spacial score (nSPS) is 11.8. The summed E-state index contributed by atoms with van der Waals surface area (Å²) in [6.45, 7) is 11.3. The second-order valence-electron chi connectivity index (χ2n) is 7.33. The molecule has 5 heteroatoms. The Labute approximate surface area is 151 Å². The van der Waals surface area contributed by atoms with Crippen LogP contribution in [0.1, 0.15) is 67.3 Å². The summed E-state index contributed by atoms with van der Waals surface area (Å²) in [6.07, 6.45) is 0. The van der Waals surface area contributed by atoms with Crippen molar-refractivity contribution in [2.75, 3.05) is 0 Å². The summed E-state index contributed by atoms with van der Waals surface area (Å²) in [5, 5.41) is 0. The first-order valence-electron chi connectivity index (χ1n) is 8.58. The zero-order valence-corrected chi connectivity index (χ0v) is 16.0. The molecule has 0 saturated heterocycles. The molecule has 0 spiro atoms. The summed E-state index contributed by atoms with van der Waals surface area (Å²) in [4.78, 5) is 0. The van der Waals surface area contributed by atoms with Gasteiger partial charge in [0.15, 0.2) is 29.1 Å². The molecule has 142 valence electrons. The predicted molar refractivity (Wildman–Crippen MR) is 94.1 cm³/mol. The standard InChI is InChI=1S/C21H23F5/c1-8(2)13-12(7)17(22)21(26)20(25)16(13)15-11(6)10(5)14(9(3)4)18(23)19(15)24/h8-9H,1-7H3. The number of rotatable bonds is 3. The molecule has 0 nitrogen and oxygen atoms in total. The molecule has 0 bridgehead atoms. The number of hydrogen-bond donors (Lipinski definition) is 0. The van der Waals surface area contributed by atoms with Gasteiger partial charge in [-0.2, -0.15) is 0 Å². The van der Waals surface area contributed by atoms with Crippen molar-refractivity contribution in [3.63, 3.8) is 0 Å². The van der Waals surface area contributed by atoms with Crippen LogP contribution < -0.4 is 0 Å². The first kappa shape index (κ1) is 20.4. The Balaban J connectivity index is 3.08. The Morgan fingerprint density at radius 3 is 1.38 bits per heavy atom. The van der Waals surface area contributed by atoms with E-state index in [9.17, 15) is 22.0 Å². The number of hydrogen-bond acceptors (Lipinski definition) is 0. The molecule has 0 unspecified atom stereocenters. The molecule has 0 aliphatic heterocycles. The number of benzene rings is 2. The fourth-order valence-electron chi connectivity index (χ4n) is 3.69. The fourth-order valence-corrected chi connectivity index (χ4v) is 3.69. The zero-order valence-electron chi connectivity index (χ0n) is 16.0. The average Bonchev–Trinajstić information content (AvgIpc) is 2.55. The highest BCUT2D eigenvalue weighted by atomic mass is 19.2. The van der Waals surface area contributed by atoms with Crippen molar-refractivity contribution >= 4 is 0 Å². The van der Waals surface area contributed by atoms with Crippen LogP contribution in [0.3, 0.4) is 0 Å². The second kappa shape index (κ2) is 7.01. The largest absolute Gasteiger partial charge is 0.203 e. The molecule has 0 N–H and O–H groups in total. The summed E-state index contributed by atoms with van der Waals surface area (Å²) in [7, 11) is 0. The van der Waals surface area contributed by atoms with E-state index in [1.54, 1.807) is 41.5 Å².